The van der Waals surface area contributed by atoms with Crippen molar-refractivity contribution in [2.45, 2.75) is 5.41 Å². The van der Waals surface area contributed by atoms with Gasteiger partial charge in [-0.15, -0.1) is 0 Å². The lowest BCUT2D eigenvalue weighted by molar-refractivity contribution is 0.773. The van der Waals surface area contributed by atoms with Gasteiger partial charge in [0.1, 0.15) is 0 Å². The van der Waals surface area contributed by atoms with Crippen LogP contribution in [0.5, 0.6) is 0 Å². The quantitative estimate of drug-likeness (QED) is 0.746. The van der Waals surface area contributed by atoms with Crippen LogP contribution in [0.4, 0.5) is 0 Å². The second-order valence-electron chi connectivity index (χ2n) is 4.05. The highest BCUT2D eigenvalue weighted by atomic mass is 14.8. The summed E-state index contributed by atoms with van der Waals surface area (Å²) >= 11 is 0. The molecular weight excluding hydrogens is 194 g/mol. The standard InChI is InChI=1S/C15H13N/c1-2-6-13(7-3-1)15-9-5-4-8-14(15)12-16-11-10-15/h1-12,16H. The molecule has 0 radical (unpaired) electrons. The normalized spacial score (nSPS) is 25.9. The molecule has 0 fully saturated rings. The molecule has 1 heteroatoms. The Morgan fingerprint density at radius 3 is 2.69 bits per heavy atom. The Bertz CT molecular complexity index is 505. The maximum absolute atomic E-state index is 3.15. The third-order valence-electron chi connectivity index (χ3n) is 3.16. The maximum Gasteiger partial charge on any atom is 0.0596 e. The van der Waals surface area contributed by atoms with Crippen LogP contribution >= 0.6 is 0 Å². The lowest BCUT2D eigenvalue weighted by Gasteiger charge is -2.33. The van der Waals surface area contributed by atoms with E-state index >= 15 is 0 Å². The first kappa shape index (κ1) is 9.22. The van der Waals surface area contributed by atoms with E-state index in [-0.39, 0.29) is 5.41 Å². The average molecular weight is 207 g/mol. The van der Waals surface area contributed by atoms with Gasteiger partial charge in [0.25, 0.3) is 0 Å². The van der Waals surface area contributed by atoms with Crippen LogP contribution in [0.25, 0.3) is 0 Å². The van der Waals surface area contributed by atoms with E-state index in [1.807, 2.05) is 6.20 Å². The molecule has 0 spiro atoms. The number of nitrogens with one attached hydrogen (secondary N) is 1. The number of rotatable bonds is 1. The first-order valence-corrected chi connectivity index (χ1v) is 5.48. The van der Waals surface area contributed by atoms with Crippen molar-refractivity contribution in [1.29, 1.82) is 0 Å². The Hall–Kier alpha value is -2.02. The van der Waals surface area contributed by atoms with Crippen LogP contribution < -0.4 is 5.32 Å². The topological polar surface area (TPSA) is 12.0 Å². The minimum absolute atomic E-state index is 0.0821. The van der Waals surface area contributed by atoms with E-state index in [0.717, 1.165) is 0 Å². The molecule has 0 bridgehead atoms. The Labute approximate surface area is 95.5 Å². The van der Waals surface area contributed by atoms with E-state index in [9.17, 15) is 0 Å². The summed E-state index contributed by atoms with van der Waals surface area (Å²) in [5, 5.41) is 3.15. The average Bonchev–Trinajstić information content (AvgIpc) is 2.40. The lowest BCUT2D eigenvalue weighted by atomic mass is 9.71. The van der Waals surface area contributed by atoms with E-state index in [2.05, 4.69) is 72.2 Å². The van der Waals surface area contributed by atoms with Gasteiger partial charge in [-0.25, -0.2) is 0 Å². The molecule has 2 aliphatic rings. The van der Waals surface area contributed by atoms with Gasteiger partial charge in [0.05, 0.1) is 5.41 Å². The highest BCUT2D eigenvalue weighted by molar-refractivity contribution is 5.56. The molecule has 1 aliphatic heterocycles. The molecule has 1 unspecified atom stereocenters. The van der Waals surface area contributed by atoms with Crippen LogP contribution in [0.1, 0.15) is 5.56 Å². The fourth-order valence-corrected chi connectivity index (χ4v) is 2.31. The molecule has 1 atom stereocenters. The molecule has 16 heavy (non-hydrogen) atoms. The fraction of sp³-hybridized carbons (Fsp3) is 0.0667. The van der Waals surface area contributed by atoms with E-state index < -0.39 is 0 Å². The van der Waals surface area contributed by atoms with Gasteiger partial charge in [-0.2, -0.15) is 0 Å². The van der Waals surface area contributed by atoms with Crippen molar-refractivity contribution in [3.63, 3.8) is 0 Å². The molecule has 0 aromatic heterocycles. The number of allylic oxidation sites excluding steroid dienone is 6. The van der Waals surface area contributed by atoms with Gasteiger partial charge in [0.2, 0.25) is 0 Å². The summed E-state index contributed by atoms with van der Waals surface area (Å²) in [6.07, 6.45) is 14.9. The van der Waals surface area contributed by atoms with Crippen LogP contribution in [0.15, 0.2) is 78.7 Å². The van der Waals surface area contributed by atoms with Crippen LogP contribution in [0.2, 0.25) is 0 Å². The van der Waals surface area contributed by atoms with Crippen LogP contribution in [-0.2, 0) is 5.41 Å². The summed E-state index contributed by atoms with van der Waals surface area (Å²) < 4.78 is 0. The van der Waals surface area contributed by atoms with E-state index in [1.165, 1.54) is 11.1 Å². The van der Waals surface area contributed by atoms with Gasteiger partial charge >= 0.3 is 0 Å². The zero-order valence-corrected chi connectivity index (χ0v) is 8.93. The third-order valence-corrected chi connectivity index (χ3v) is 3.16. The Morgan fingerprint density at radius 2 is 1.81 bits per heavy atom. The molecule has 1 N–H and O–H groups in total. The van der Waals surface area contributed by atoms with Gasteiger partial charge < -0.3 is 5.32 Å². The molecule has 1 heterocycles. The highest BCUT2D eigenvalue weighted by Crippen LogP contribution is 2.39. The largest absolute Gasteiger partial charge is 0.368 e. The van der Waals surface area contributed by atoms with Gasteiger partial charge in [-0.3, -0.25) is 0 Å². The van der Waals surface area contributed by atoms with Gasteiger partial charge in [-0.05, 0) is 23.4 Å². The van der Waals surface area contributed by atoms with Crippen molar-refractivity contribution in [3.8, 4) is 0 Å². The molecule has 1 aromatic carbocycles. The first-order valence-electron chi connectivity index (χ1n) is 5.48. The predicted molar refractivity (Wildman–Crippen MR) is 66.8 cm³/mol. The van der Waals surface area contributed by atoms with Crippen molar-refractivity contribution >= 4 is 0 Å². The molecule has 78 valence electrons. The number of dihydropyridines is 1. The second-order valence-corrected chi connectivity index (χ2v) is 4.05. The predicted octanol–water partition coefficient (Wildman–Crippen LogP) is 3.05. The van der Waals surface area contributed by atoms with Crippen molar-refractivity contribution < 1.29 is 0 Å². The van der Waals surface area contributed by atoms with Crippen LogP contribution in [0.3, 0.4) is 0 Å². The number of benzene rings is 1. The molecule has 0 amide bonds. The lowest BCUT2D eigenvalue weighted by Crippen LogP contribution is -2.28. The Balaban J connectivity index is 2.18. The zero-order chi connectivity index (χ0) is 10.8. The van der Waals surface area contributed by atoms with Crippen molar-refractivity contribution in [2.24, 2.45) is 0 Å². The van der Waals surface area contributed by atoms with Gasteiger partial charge in [-0.1, -0.05) is 54.6 Å². The van der Waals surface area contributed by atoms with Crippen molar-refractivity contribution in [3.05, 3.63) is 84.2 Å². The van der Waals surface area contributed by atoms with Gasteiger partial charge in [0.15, 0.2) is 0 Å². The van der Waals surface area contributed by atoms with Crippen LogP contribution in [-0.4, -0.2) is 0 Å². The smallest absolute Gasteiger partial charge is 0.0596 e. The fourth-order valence-electron chi connectivity index (χ4n) is 2.31. The summed E-state index contributed by atoms with van der Waals surface area (Å²) in [7, 11) is 0. The molecule has 0 saturated heterocycles. The summed E-state index contributed by atoms with van der Waals surface area (Å²) in [4.78, 5) is 0. The molecule has 3 rings (SSSR count). The minimum atomic E-state index is -0.0821. The summed E-state index contributed by atoms with van der Waals surface area (Å²) in [5.41, 5.74) is 2.50. The second kappa shape index (κ2) is 3.53. The molecule has 1 aliphatic carbocycles. The molecular formula is C15H13N. The summed E-state index contributed by atoms with van der Waals surface area (Å²) in [6, 6.07) is 10.6. The highest BCUT2D eigenvalue weighted by Gasteiger charge is 2.32. The number of hydrogen-bond donors (Lipinski definition) is 1. The number of fused-ring (bicyclic) bond motifs is 1. The number of hydrogen-bond acceptors (Lipinski definition) is 1. The Kier molecular flexibility index (Phi) is 2.03. The molecule has 1 nitrogen and oxygen atoms in total. The van der Waals surface area contributed by atoms with E-state index in [1.54, 1.807) is 0 Å². The zero-order valence-electron chi connectivity index (χ0n) is 8.93. The third kappa shape index (κ3) is 1.25. The Morgan fingerprint density at radius 1 is 0.938 bits per heavy atom. The monoisotopic (exact) mass is 207 g/mol. The maximum atomic E-state index is 3.15. The molecule has 1 aromatic rings. The first-order chi connectivity index (χ1) is 7.92. The van der Waals surface area contributed by atoms with Crippen LogP contribution in [0, 0.1) is 0 Å². The van der Waals surface area contributed by atoms with Gasteiger partial charge in [0, 0.05) is 6.20 Å². The molecule has 0 saturated carbocycles. The summed E-state index contributed by atoms with van der Waals surface area (Å²) in [5.74, 6) is 0. The SMILES string of the molecule is C1=CC2=CNC=CC2(c2ccccc2)C=C1. The summed E-state index contributed by atoms with van der Waals surface area (Å²) in [6.45, 7) is 0. The minimum Gasteiger partial charge on any atom is -0.368 e. The van der Waals surface area contributed by atoms with Crippen molar-refractivity contribution in [2.75, 3.05) is 0 Å². The van der Waals surface area contributed by atoms with E-state index in [4.69, 9.17) is 0 Å². The van der Waals surface area contributed by atoms with Crippen molar-refractivity contribution in [1.82, 2.24) is 5.32 Å². The van der Waals surface area contributed by atoms with E-state index in [0.29, 0.717) is 0 Å².